The molecule has 2 aromatic carbocycles. The van der Waals surface area contributed by atoms with E-state index in [2.05, 4.69) is 15.8 Å². The van der Waals surface area contributed by atoms with Crippen molar-refractivity contribution in [3.05, 3.63) is 57.1 Å². The molecule has 2 rings (SSSR count). The van der Waals surface area contributed by atoms with Gasteiger partial charge in [0, 0.05) is 22.3 Å². The smallest absolute Gasteiger partial charge is 0.339 e. The van der Waals surface area contributed by atoms with Crippen molar-refractivity contribution in [2.45, 2.75) is 13.8 Å². The van der Waals surface area contributed by atoms with Crippen molar-refractivity contribution in [1.29, 1.82) is 0 Å². The Morgan fingerprint density at radius 2 is 1.89 bits per heavy atom. The second-order valence-corrected chi connectivity index (χ2v) is 5.76. The zero-order chi connectivity index (χ0) is 20.5. The third kappa shape index (κ3) is 5.85. The van der Waals surface area contributed by atoms with Crippen molar-refractivity contribution in [2.24, 2.45) is 5.10 Å². The average molecular weight is 407 g/mol. The molecule has 9 nitrogen and oxygen atoms in total. The maximum Gasteiger partial charge on any atom is 0.339 e. The Labute approximate surface area is 166 Å². The van der Waals surface area contributed by atoms with Gasteiger partial charge in [0.1, 0.15) is 0 Å². The Bertz CT molecular complexity index is 871. The molecule has 0 spiro atoms. The topological polar surface area (TPSA) is 115 Å². The maximum atomic E-state index is 11.8. The van der Waals surface area contributed by atoms with Crippen molar-refractivity contribution in [3.8, 4) is 11.5 Å². The normalized spacial score (nSPS) is 10.5. The standard InChI is InChI=1S/C18H19ClN4O5/c1-3-27-16-10-12(9-15(23(25)26)17(16)28-4-2)11-20-22-18(24)21-14-7-5-13(19)6-8-14/h5-11H,3-4H2,1-2H3,(H2,21,22,24)/b20-11-. The molecule has 2 N–H and O–H groups in total. The number of carbonyl (C=O) groups is 1. The molecular formula is C18H19ClN4O5. The lowest BCUT2D eigenvalue weighted by Crippen LogP contribution is -2.24. The predicted molar refractivity (Wildman–Crippen MR) is 107 cm³/mol. The fourth-order valence-corrected chi connectivity index (χ4v) is 2.35. The average Bonchev–Trinajstić information content (AvgIpc) is 2.65. The van der Waals surface area contributed by atoms with E-state index in [1.807, 2.05) is 0 Å². The summed E-state index contributed by atoms with van der Waals surface area (Å²) in [5.74, 6) is 0.283. The fraction of sp³-hybridized carbons (Fsp3) is 0.222. The molecule has 0 fully saturated rings. The van der Waals surface area contributed by atoms with E-state index in [0.29, 0.717) is 22.9 Å². The van der Waals surface area contributed by atoms with Gasteiger partial charge >= 0.3 is 11.7 Å². The highest BCUT2D eigenvalue weighted by Gasteiger charge is 2.22. The van der Waals surface area contributed by atoms with Gasteiger partial charge in [-0.25, -0.2) is 10.2 Å². The maximum absolute atomic E-state index is 11.8. The molecule has 28 heavy (non-hydrogen) atoms. The second-order valence-electron chi connectivity index (χ2n) is 5.32. The molecule has 0 bridgehead atoms. The first-order chi connectivity index (χ1) is 13.4. The van der Waals surface area contributed by atoms with E-state index in [1.165, 1.54) is 12.3 Å². The molecule has 0 saturated heterocycles. The molecule has 0 aromatic heterocycles. The van der Waals surface area contributed by atoms with Crippen LogP contribution < -0.4 is 20.2 Å². The van der Waals surface area contributed by atoms with E-state index in [4.69, 9.17) is 21.1 Å². The number of hydrazone groups is 1. The van der Waals surface area contributed by atoms with Crippen LogP contribution in [-0.4, -0.2) is 30.4 Å². The van der Waals surface area contributed by atoms with Gasteiger partial charge in [-0.2, -0.15) is 5.10 Å². The molecule has 10 heteroatoms. The third-order valence-corrected chi connectivity index (χ3v) is 3.58. The van der Waals surface area contributed by atoms with Crippen LogP contribution in [0.4, 0.5) is 16.2 Å². The summed E-state index contributed by atoms with van der Waals surface area (Å²) < 4.78 is 10.8. The molecule has 0 unspecified atom stereocenters. The molecular weight excluding hydrogens is 388 g/mol. The lowest BCUT2D eigenvalue weighted by Gasteiger charge is -2.11. The van der Waals surface area contributed by atoms with Crippen molar-refractivity contribution in [2.75, 3.05) is 18.5 Å². The Morgan fingerprint density at radius 3 is 2.50 bits per heavy atom. The molecule has 0 radical (unpaired) electrons. The van der Waals surface area contributed by atoms with Crippen LogP contribution in [0.2, 0.25) is 5.02 Å². The number of halogens is 1. The lowest BCUT2D eigenvalue weighted by molar-refractivity contribution is -0.385. The molecule has 0 aliphatic rings. The number of carbonyl (C=O) groups excluding carboxylic acids is 1. The van der Waals surface area contributed by atoms with Crippen LogP contribution in [0, 0.1) is 10.1 Å². The molecule has 2 aromatic rings. The summed E-state index contributed by atoms with van der Waals surface area (Å²) in [6.45, 7) is 4.03. The van der Waals surface area contributed by atoms with Gasteiger partial charge in [-0.3, -0.25) is 10.1 Å². The highest BCUT2D eigenvalue weighted by Crippen LogP contribution is 2.38. The molecule has 148 valence electrons. The summed E-state index contributed by atoms with van der Waals surface area (Å²) in [4.78, 5) is 22.6. The van der Waals surface area contributed by atoms with Gasteiger partial charge in [-0.1, -0.05) is 11.6 Å². The fourth-order valence-electron chi connectivity index (χ4n) is 2.23. The van der Waals surface area contributed by atoms with E-state index < -0.39 is 11.0 Å². The van der Waals surface area contributed by atoms with E-state index >= 15 is 0 Å². The number of benzene rings is 2. The quantitative estimate of drug-likeness (QED) is 0.387. The summed E-state index contributed by atoms with van der Waals surface area (Å²) in [6, 6.07) is 8.79. The number of nitrogens with zero attached hydrogens (tertiary/aromatic N) is 2. The van der Waals surface area contributed by atoms with Crippen LogP contribution in [0.5, 0.6) is 11.5 Å². The monoisotopic (exact) mass is 406 g/mol. The molecule has 0 saturated carbocycles. The van der Waals surface area contributed by atoms with Crippen LogP contribution in [0.15, 0.2) is 41.5 Å². The zero-order valence-electron chi connectivity index (χ0n) is 15.3. The number of hydrogen-bond donors (Lipinski definition) is 2. The molecule has 2 amide bonds. The summed E-state index contributed by atoms with van der Waals surface area (Å²) in [5, 5.41) is 18.3. The number of amides is 2. The van der Waals surface area contributed by atoms with Crippen LogP contribution in [0.25, 0.3) is 0 Å². The van der Waals surface area contributed by atoms with E-state index in [9.17, 15) is 14.9 Å². The first kappa shape index (κ1) is 21.0. The zero-order valence-corrected chi connectivity index (χ0v) is 16.0. The van der Waals surface area contributed by atoms with Gasteiger partial charge in [0.25, 0.3) is 0 Å². The minimum Gasteiger partial charge on any atom is -0.490 e. The first-order valence-electron chi connectivity index (χ1n) is 8.38. The van der Waals surface area contributed by atoms with Crippen LogP contribution in [0.1, 0.15) is 19.4 Å². The largest absolute Gasteiger partial charge is 0.490 e. The van der Waals surface area contributed by atoms with Gasteiger partial charge in [0.05, 0.1) is 24.4 Å². The number of nitro benzene ring substituents is 1. The summed E-state index contributed by atoms with van der Waals surface area (Å²) in [6.07, 6.45) is 1.27. The first-order valence-corrected chi connectivity index (χ1v) is 8.76. The predicted octanol–water partition coefficient (Wildman–Crippen LogP) is 4.20. The number of nitro groups is 1. The highest BCUT2D eigenvalue weighted by molar-refractivity contribution is 6.30. The third-order valence-electron chi connectivity index (χ3n) is 3.32. The van der Waals surface area contributed by atoms with Gasteiger partial charge in [0.2, 0.25) is 5.75 Å². The van der Waals surface area contributed by atoms with Crippen molar-refractivity contribution in [1.82, 2.24) is 5.43 Å². The van der Waals surface area contributed by atoms with Gasteiger partial charge in [-0.05, 0) is 44.2 Å². The second kappa shape index (κ2) is 10.1. The van der Waals surface area contributed by atoms with E-state index in [-0.39, 0.29) is 23.8 Å². The van der Waals surface area contributed by atoms with Gasteiger partial charge in [-0.15, -0.1) is 0 Å². The lowest BCUT2D eigenvalue weighted by atomic mass is 10.2. The minimum atomic E-state index is -0.580. The van der Waals surface area contributed by atoms with Crippen molar-refractivity contribution < 1.29 is 19.2 Å². The molecule has 0 atom stereocenters. The van der Waals surface area contributed by atoms with Gasteiger partial charge < -0.3 is 14.8 Å². The van der Waals surface area contributed by atoms with Crippen LogP contribution in [0.3, 0.4) is 0 Å². The Hall–Kier alpha value is -3.33. The Kier molecular flexibility index (Phi) is 7.58. The number of nitrogens with one attached hydrogen (secondary N) is 2. The molecule has 0 heterocycles. The SMILES string of the molecule is CCOc1cc(/C=N\NC(=O)Nc2ccc(Cl)cc2)cc([N+](=O)[O-])c1OCC. The number of rotatable bonds is 8. The Balaban J connectivity index is 2.14. The van der Waals surface area contributed by atoms with Crippen LogP contribution >= 0.6 is 11.6 Å². The van der Waals surface area contributed by atoms with E-state index in [1.54, 1.807) is 44.2 Å². The number of anilines is 1. The molecule has 0 aliphatic carbocycles. The highest BCUT2D eigenvalue weighted by atomic mass is 35.5. The number of ether oxygens (including phenoxy) is 2. The van der Waals surface area contributed by atoms with Crippen molar-refractivity contribution in [3.63, 3.8) is 0 Å². The van der Waals surface area contributed by atoms with Gasteiger partial charge in [0.15, 0.2) is 5.75 Å². The van der Waals surface area contributed by atoms with E-state index in [0.717, 1.165) is 0 Å². The Morgan fingerprint density at radius 1 is 1.21 bits per heavy atom. The minimum absolute atomic E-state index is 0.0555. The number of hydrogen-bond acceptors (Lipinski definition) is 6. The number of urea groups is 1. The summed E-state index contributed by atoms with van der Waals surface area (Å²) >= 11 is 5.78. The van der Waals surface area contributed by atoms with Crippen molar-refractivity contribution >= 4 is 35.2 Å². The summed E-state index contributed by atoms with van der Waals surface area (Å²) in [7, 11) is 0. The molecule has 0 aliphatic heterocycles. The summed E-state index contributed by atoms with van der Waals surface area (Å²) in [5.41, 5.74) is 2.93. The van der Waals surface area contributed by atoms with Crippen LogP contribution in [-0.2, 0) is 0 Å².